The van der Waals surface area contributed by atoms with Crippen molar-refractivity contribution >= 4 is 5.97 Å². The molecule has 3 nitrogen and oxygen atoms in total. The van der Waals surface area contributed by atoms with Crippen molar-refractivity contribution in [3.8, 4) is 0 Å². The number of carboxylic acid groups (broad SMARTS) is 1. The molecule has 1 aliphatic heterocycles. The Balaban J connectivity index is 1.74. The molecule has 0 radical (unpaired) electrons. The fourth-order valence-electron chi connectivity index (χ4n) is 3.48. The largest absolute Gasteiger partial charge is 0.478 e. The van der Waals surface area contributed by atoms with Crippen LogP contribution in [0, 0.1) is 11.6 Å². The lowest BCUT2D eigenvalue weighted by molar-refractivity contribution is 0.0691. The first-order chi connectivity index (χ1) is 12.0. The zero-order valence-electron chi connectivity index (χ0n) is 13.9. The van der Waals surface area contributed by atoms with Crippen LogP contribution in [0.1, 0.15) is 40.7 Å². The molecule has 1 aliphatic rings. The second kappa shape index (κ2) is 7.74. The molecule has 5 heteroatoms. The molecule has 132 valence electrons. The van der Waals surface area contributed by atoms with Crippen LogP contribution >= 0.6 is 0 Å². The Morgan fingerprint density at radius 3 is 2.64 bits per heavy atom. The van der Waals surface area contributed by atoms with E-state index in [0.29, 0.717) is 18.5 Å². The minimum absolute atomic E-state index is 0.190. The van der Waals surface area contributed by atoms with Crippen molar-refractivity contribution in [2.45, 2.75) is 38.3 Å². The Hall–Kier alpha value is -2.27. The second-order valence-electron chi connectivity index (χ2n) is 6.53. The molecule has 1 N–H and O–H groups in total. The second-order valence-corrected chi connectivity index (χ2v) is 6.53. The first kappa shape index (κ1) is 17.5. The average Bonchev–Trinajstić information content (AvgIpc) is 2.58. The van der Waals surface area contributed by atoms with Gasteiger partial charge in [0, 0.05) is 12.6 Å². The van der Waals surface area contributed by atoms with Gasteiger partial charge in [0.25, 0.3) is 0 Å². The molecule has 1 fully saturated rings. The van der Waals surface area contributed by atoms with E-state index in [4.69, 9.17) is 5.11 Å². The summed E-state index contributed by atoms with van der Waals surface area (Å²) >= 11 is 0. The van der Waals surface area contributed by atoms with Gasteiger partial charge in [-0.25, -0.2) is 13.6 Å². The van der Waals surface area contributed by atoms with Gasteiger partial charge in [-0.1, -0.05) is 30.7 Å². The average molecular weight is 345 g/mol. The van der Waals surface area contributed by atoms with Gasteiger partial charge in [-0.15, -0.1) is 0 Å². The van der Waals surface area contributed by atoms with Gasteiger partial charge in [-0.3, -0.25) is 4.90 Å². The molecule has 0 aliphatic carbocycles. The van der Waals surface area contributed by atoms with Gasteiger partial charge in [-0.05, 0) is 55.1 Å². The Morgan fingerprint density at radius 1 is 1.12 bits per heavy atom. The van der Waals surface area contributed by atoms with Crippen molar-refractivity contribution in [2.75, 3.05) is 6.54 Å². The van der Waals surface area contributed by atoms with Gasteiger partial charge in [-0.2, -0.15) is 0 Å². The molecule has 2 aromatic rings. The van der Waals surface area contributed by atoms with Gasteiger partial charge in [0.15, 0.2) is 0 Å². The molecule has 1 atom stereocenters. The maximum atomic E-state index is 13.9. The van der Waals surface area contributed by atoms with E-state index >= 15 is 0 Å². The number of halogens is 2. The van der Waals surface area contributed by atoms with Crippen LogP contribution < -0.4 is 0 Å². The molecule has 0 aromatic heterocycles. The lowest BCUT2D eigenvalue weighted by Gasteiger charge is -2.36. The number of rotatable bonds is 5. The highest BCUT2D eigenvalue weighted by atomic mass is 19.1. The van der Waals surface area contributed by atoms with Crippen LogP contribution in [0.5, 0.6) is 0 Å². The van der Waals surface area contributed by atoms with E-state index in [0.717, 1.165) is 31.4 Å². The zero-order chi connectivity index (χ0) is 17.8. The van der Waals surface area contributed by atoms with Crippen molar-refractivity contribution in [3.63, 3.8) is 0 Å². The predicted molar refractivity (Wildman–Crippen MR) is 91.5 cm³/mol. The standard InChI is InChI=1S/C20H21F2NO2/c21-18-7-2-1-5-15(18)12-16-6-3-4-10-23(16)13-14-8-9-17(20(24)25)19(22)11-14/h1-2,5,7-9,11,16H,3-4,6,10,12-13H2,(H,24,25). The molecular weight excluding hydrogens is 324 g/mol. The first-order valence-electron chi connectivity index (χ1n) is 8.54. The van der Waals surface area contributed by atoms with E-state index in [2.05, 4.69) is 4.90 Å². The minimum atomic E-state index is -1.26. The molecule has 1 heterocycles. The Labute approximate surface area is 145 Å². The van der Waals surface area contributed by atoms with Gasteiger partial charge in [0.2, 0.25) is 0 Å². The third-order valence-corrected chi connectivity index (χ3v) is 4.81. The number of likely N-dealkylation sites (tertiary alicyclic amines) is 1. The molecule has 1 saturated heterocycles. The summed E-state index contributed by atoms with van der Waals surface area (Å²) < 4.78 is 27.9. The highest BCUT2D eigenvalue weighted by Gasteiger charge is 2.24. The quantitative estimate of drug-likeness (QED) is 0.880. The minimum Gasteiger partial charge on any atom is -0.478 e. The molecule has 0 saturated carbocycles. The number of carboxylic acids is 1. The topological polar surface area (TPSA) is 40.5 Å². The number of aromatic carboxylic acids is 1. The summed E-state index contributed by atoms with van der Waals surface area (Å²) in [7, 11) is 0. The molecule has 1 unspecified atom stereocenters. The number of nitrogens with zero attached hydrogens (tertiary/aromatic N) is 1. The van der Waals surface area contributed by atoms with Crippen LogP contribution in [0.3, 0.4) is 0 Å². The van der Waals surface area contributed by atoms with Crippen molar-refractivity contribution in [1.82, 2.24) is 4.90 Å². The summed E-state index contributed by atoms with van der Waals surface area (Å²) in [6.07, 6.45) is 3.76. The molecular formula is C20H21F2NO2. The molecule has 3 rings (SSSR count). The van der Waals surface area contributed by atoms with E-state index in [1.807, 2.05) is 12.1 Å². The molecule has 0 amide bonds. The Bertz CT molecular complexity index is 763. The monoisotopic (exact) mass is 345 g/mol. The third-order valence-electron chi connectivity index (χ3n) is 4.81. The van der Waals surface area contributed by atoms with E-state index in [1.165, 1.54) is 18.2 Å². The SMILES string of the molecule is O=C(O)c1ccc(CN2CCCCC2Cc2ccccc2F)cc1F. The molecule has 2 aromatic carbocycles. The summed E-state index contributed by atoms with van der Waals surface area (Å²) in [5, 5.41) is 8.92. The molecule has 0 spiro atoms. The maximum absolute atomic E-state index is 13.9. The van der Waals surface area contributed by atoms with Crippen molar-refractivity contribution in [2.24, 2.45) is 0 Å². The van der Waals surface area contributed by atoms with Gasteiger partial charge < -0.3 is 5.11 Å². The fraction of sp³-hybridized carbons (Fsp3) is 0.350. The Kier molecular flexibility index (Phi) is 5.43. The molecule has 25 heavy (non-hydrogen) atoms. The Morgan fingerprint density at radius 2 is 1.92 bits per heavy atom. The van der Waals surface area contributed by atoms with E-state index in [-0.39, 0.29) is 17.4 Å². The fourth-order valence-corrected chi connectivity index (χ4v) is 3.48. The van der Waals surface area contributed by atoms with Gasteiger partial charge in [0.1, 0.15) is 11.6 Å². The van der Waals surface area contributed by atoms with Crippen LogP contribution in [0.2, 0.25) is 0 Å². The van der Waals surface area contributed by atoms with Gasteiger partial charge >= 0.3 is 5.97 Å². The summed E-state index contributed by atoms with van der Waals surface area (Å²) in [6.45, 7) is 1.41. The van der Waals surface area contributed by atoms with Crippen LogP contribution in [0.25, 0.3) is 0 Å². The summed E-state index contributed by atoms with van der Waals surface area (Å²) in [5.41, 5.74) is 1.13. The van der Waals surface area contributed by atoms with E-state index in [1.54, 1.807) is 12.1 Å². The number of piperidine rings is 1. The lowest BCUT2D eigenvalue weighted by Crippen LogP contribution is -2.40. The van der Waals surface area contributed by atoms with E-state index < -0.39 is 11.8 Å². The highest BCUT2D eigenvalue weighted by Crippen LogP contribution is 2.24. The van der Waals surface area contributed by atoms with Crippen molar-refractivity contribution < 1.29 is 18.7 Å². The van der Waals surface area contributed by atoms with Crippen LogP contribution in [0.15, 0.2) is 42.5 Å². The normalized spacial score (nSPS) is 18.2. The third kappa shape index (κ3) is 4.23. The summed E-state index contributed by atoms with van der Waals surface area (Å²) in [5.74, 6) is -2.17. The lowest BCUT2D eigenvalue weighted by atomic mass is 9.94. The van der Waals surface area contributed by atoms with Crippen molar-refractivity contribution in [1.29, 1.82) is 0 Å². The number of carbonyl (C=O) groups is 1. The van der Waals surface area contributed by atoms with Gasteiger partial charge in [0.05, 0.1) is 5.56 Å². The maximum Gasteiger partial charge on any atom is 0.338 e. The highest BCUT2D eigenvalue weighted by molar-refractivity contribution is 5.87. The zero-order valence-corrected chi connectivity index (χ0v) is 13.9. The smallest absolute Gasteiger partial charge is 0.338 e. The molecule has 0 bridgehead atoms. The number of hydrogen-bond acceptors (Lipinski definition) is 2. The van der Waals surface area contributed by atoms with Crippen LogP contribution in [-0.2, 0) is 13.0 Å². The first-order valence-corrected chi connectivity index (χ1v) is 8.54. The van der Waals surface area contributed by atoms with Crippen molar-refractivity contribution in [3.05, 3.63) is 70.8 Å². The number of benzene rings is 2. The van der Waals surface area contributed by atoms with E-state index in [9.17, 15) is 13.6 Å². The predicted octanol–water partition coefficient (Wildman–Crippen LogP) is 4.26. The van der Waals surface area contributed by atoms with Crippen LogP contribution in [0.4, 0.5) is 8.78 Å². The van der Waals surface area contributed by atoms with Crippen LogP contribution in [-0.4, -0.2) is 28.6 Å². The summed E-state index contributed by atoms with van der Waals surface area (Å²) in [6, 6.07) is 11.3. The number of hydrogen-bond donors (Lipinski definition) is 1. The summed E-state index contributed by atoms with van der Waals surface area (Å²) in [4.78, 5) is 13.2.